The number of hydrogen-bond donors (Lipinski definition) is 1. The lowest BCUT2D eigenvalue weighted by Crippen LogP contribution is -2.24. The molecule has 0 aliphatic heterocycles. The summed E-state index contributed by atoms with van der Waals surface area (Å²) in [5, 5.41) is 3.48. The van der Waals surface area contributed by atoms with Crippen LogP contribution in [0.5, 0.6) is 0 Å². The maximum absolute atomic E-state index is 5.06. The molecule has 1 saturated carbocycles. The molecule has 2 nitrogen and oxygen atoms in total. The second kappa shape index (κ2) is 5.87. The van der Waals surface area contributed by atoms with Crippen LogP contribution in [0.15, 0.2) is 24.3 Å². The Bertz CT molecular complexity index is 432. The molecule has 20 heavy (non-hydrogen) atoms. The first-order chi connectivity index (χ1) is 9.38. The molecule has 1 aliphatic rings. The van der Waals surface area contributed by atoms with E-state index in [4.69, 9.17) is 4.74 Å². The fourth-order valence-electron chi connectivity index (χ4n) is 2.91. The van der Waals surface area contributed by atoms with Crippen LogP contribution in [0.2, 0.25) is 0 Å². The van der Waals surface area contributed by atoms with Gasteiger partial charge in [0, 0.05) is 13.7 Å². The Hall–Kier alpha value is -0.860. The van der Waals surface area contributed by atoms with Gasteiger partial charge in [0.25, 0.3) is 0 Å². The zero-order valence-electron chi connectivity index (χ0n) is 13.6. The maximum Gasteiger partial charge on any atom is 0.0587 e. The lowest BCUT2D eigenvalue weighted by atomic mass is 9.85. The van der Waals surface area contributed by atoms with E-state index in [2.05, 4.69) is 57.3 Å². The topological polar surface area (TPSA) is 21.3 Å². The summed E-state index contributed by atoms with van der Waals surface area (Å²) < 4.78 is 5.06. The number of methoxy groups -OCH3 is 1. The zero-order chi connectivity index (χ0) is 14.8. The minimum Gasteiger partial charge on any atom is -0.383 e. The lowest BCUT2D eigenvalue weighted by molar-refractivity contribution is 0.199. The highest BCUT2D eigenvalue weighted by molar-refractivity contribution is 5.36. The van der Waals surface area contributed by atoms with Gasteiger partial charge in [0.1, 0.15) is 0 Å². The van der Waals surface area contributed by atoms with Crippen LogP contribution >= 0.6 is 0 Å². The van der Waals surface area contributed by atoms with Crippen molar-refractivity contribution in [3.63, 3.8) is 0 Å². The molecule has 1 aliphatic carbocycles. The van der Waals surface area contributed by atoms with Crippen molar-refractivity contribution in [2.75, 3.05) is 26.8 Å². The SMILES string of the molecule is COCCNCC1CC1(C)c1ccc(C(C)(C)C)cc1. The first-order valence-corrected chi connectivity index (χ1v) is 7.68. The van der Waals surface area contributed by atoms with Gasteiger partial charge in [-0.3, -0.25) is 0 Å². The largest absolute Gasteiger partial charge is 0.383 e. The minimum atomic E-state index is 0.240. The molecule has 1 N–H and O–H groups in total. The molecule has 0 spiro atoms. The summed E-state index contributed by atoms with van der Waals surface area (Å²) in [6.45, 7) is 12.0. The maximum atomic E-state index is 5.06. The molecule has 0 saturated heterocycles. The van der Waals surface area contributed by atoms with Gasteiger partial charge in [-0.05, 0) is 40.8 Å². The first-order valence-electron chi connectivity index (χ1n) is 7.68. The number of rotatable bonds is 6. The highest BCUT2D eigenvalue weighted by atomic mass is 16.5. The summed E-state index contributed by atoms with van der Waals surface area (Å²) in [5.74, 6) is 0.764. The van der Waals surface area contributed by atoms with E-state index >= 15 is 0 Å². The normalized spacial score (nSPS) is 25.8. The molecular formula is C18H29NO. The number of ether oxygens (including phenoxy) is 1. The third-order valence-corrected chi connectivity index (χ3v) is 4.70. The molecule has 0 amide bonds. The Morgan fingerprint density at radius 2 is 1.90 bits per heavy atom. The van der Waals surface area contributed by atoms with E-state index in [0.29, 0.717) is 5.41 Å². The molecule has 0 bridgehead atoms. The van der Waals surface area contributed by atoms with Crippen molar-refractivity contribution in [1.29, 1.82) is 0 Å². The predicted octanol–water partition coefficient (Wildman–Crippen LogP) is 3.50. The summed E-state index contributed by atoms with van der Waals surface area (Å²) in [4.78, 5) is 0. The number of benzene rings is 1. The number of hydrogen-bond acceptors (Lipinski definition) is 2. The van der Waals surface area contributed by atoms with Crippen molar-refractivity contribution in [1.82, 2.24) is 5.32 Å². The molecule has 1 aromatic rings. The van der Waals surface area contributed by atoms with Gasteiger partial charge in [0.15, 0.2) is 0 Å². The van der Waals surface area contributed by atoms with Crippen molar-refractivity contribution in [3.05, 3.63) is 35.4 Å². The first kappa shape index (κ1) is 15.5. The van der Waals surface area contributed by atoms with Crippen LogP contribution in [-0.2, 0) is 15.6 Å². The Labute approximate surface area is 123 Å². The standard InChI is InChI=1S/C18H29NO/c1-17(2,3)14-6-8-15(9-7-14)18(4)12-16(18)13-19-10-11-20-5/h6-9,16,19H,10-13H2,1-5H3. The van der Waals surface area contributed by atoms with Gasteiger partial charge in [-0.25, -0.2) is 0 Å². The highest BCUT2D eigenvalue weighted by Gasteiger charge is 2.50. The van der Waals surface area contributed by atoms with Gasteiger partial charge in [-0.1, -0.05) is 52.0 Å². The van der Waals surface area contributed by atoms with E-state index in [-0.39, 0.29) is 5.41 Å². The smallest absolute Gasteiger partial charge is 0.0587 e. The fourth-order valence-corrected chi connectivity index (χ4v) is 2.91. The predicted molar refractivity (Wildman–Crippen MR) is 85.3 cm³/mol. The molecule has 0 aromatic heterocycles. The van der Waals surface area contributed by atoms with E-state index in [1.807, 2.05) is 0 Å². The summed E-state index contributed by atoms with van der Waals surface area (Å²) in [6.07, 6.45) is 1.29. The average molecular weight is 275 g/mol. The average Bonchev–Trinajstić information content (AvgIpc) is 3.06. The molecular weight excluding hydrogens is 246 g/mol. The van der Waals surface area contributed by atoms with Crippen LogP contribution in [0.25, 0.3) is 0 Å². The quantitative estimate of drug-likeness (QED) is 0.802. The van der Waals surface area contributed by atoms with Crippen LogP contribution in [0.1, 0.15) is 45.2 Å². The Kier molecular flexibility index (Phi) is 4.55. The monoisotopic (exact) mass is 275 g/mol. The molecule has 2 unspecified atom stereocenters. The molecule has 2 heteroatoms. The lowest BCUT2D eigenvalue weighted by Gasteiger charge is -2.20. The van der Waals surface area contributed by atoms with Gasteiger partial charge in [0.05, 0.1) is 6.61 Å². The van der Waals surface area contributed by atoms with Crippen LogP contribution in [-0.4, -0.2) is 26.8 Å². The van der Waals surface area contributed by atoms with Gasteiger partial charge in [-0.15, -0.1) is 0 Å². The fraction of sp³-hybridized carbons (Fsp3) is 0.667. The van der Waals surface area contributed by atoms with Crippen LogP contribution < -0.4 is 5.32 Å². The van der Waals surface area contributed by atoms with Gasteiger partial charge < -0.3 is 10.1 Å². The summed E-state index contributed by atoms with van der Waals surface area (Å²) >= 11 is 0. The molecule has 112 valence electrons. The van der Waals surface area contributed by atoms with Crippen molar-refractivity contribution in [3.8, 4) is 0 Å². The van der Waals surface area contributed by atoms with Crippen LogP contribution in [0.3, 0.4) is 0 Å². The van der Waals surface area contributed by atoms with Crippen molar-refractivity contribution in [2.45, 2.75) is 44.9 Å². The summed E-state index contributed by atoms with van der Waals surface area (Å²) in [6, 6.07) is 9.26. The van der Waals surface area contributed by atoms with E-state index in [9.17, 15) is 0 Å². The van der Waals surface area contributed by atoms with Crippen LogP contribution in [0.4, 0.5) is 0 Å². The van der Waals surface area contributed by atoms with Crippen LogP contribution in [0, 0.1) is 5.92 Å². The van der Waals surface area contributed by atoms with Gasteiger partial charge in [-0.2, -0.15) is 0 Å². The van der Waals surface area contributed by atoms with Crippen molar-refractivity contribution < 1.29 is 4.74 Å². The summed E-state index contributed by atoms with van der Waals surface area (Å²) in [5.41, 5.74) is 3.52. The Balaban J connectivity index is 1.92. The van der Waals surface area contributed by atoms with Crippen molar-refractivity contribution >= 4 is 0 Å². The number of nitrogens with one attached hydrogen (secondary N) is 1. The molecule has 2 rings (SSSR count). The van der Waals surface area contributed by atoms with Gasteiger partial charge in [0.2, 0.25) is 0 Å². The minimum absolute atomic E-state index is 0.240. The Morgan fingerprint density at radius 3 is 2.45 bits per heavy atom. The molecule has 1 fully saturated rings. The second-order valence-electron chi connectivity index (χ2n) is 7.34. The highest BCUT2D eigenvalue weighted by Crippen LogP contribution is 2.53. The van der Waals surface area contributed by atoms with Gasteiger partial charge >= 0.3 is 0 Å². The molecule has 2 atom stereocenters. The third kappa shape index (κ3) is 3.42. The van der Waals surface area contributed by atoms with E-state index in [0.717, 1.165) is 25.6 Å². The molecule has 1 aromatic carbocycles. The Morgan fingerprint density at radius 1 is 1.25 bits per heavy atom. The van der Waals surface area contributed by atoms with Crippen molar-refractivity contribution in [2.24, 2.45) is 5.92 Å². The molecule has 0 heterocycles. The van der Waals surface area contributed by atoms with E-state index in [1.165, 1.54) is 17.5 Å². The summed E-state index contributed by atoms with van der Waals surface area (Å²) in [7, 11) is 1.75. The second-order valence-corrected chi connectivity index (χ2v) is 7.34. The third-order valence-electron chi connectivity index (χ3n) is 4.70. The van der Waals surface area contributed by atoms with E-state index in [1.54, 1.807) is 7.11 Å². The molecule has 0 radical (unpaired) electrons. The van der Waals surface area contributed by atoms with E-state index < -0.39 is 0 Å². The zero-order valence-corrected chi connectivity index (χ0v) is 13.6.